The smallest absolute Gasteiger partial charge is 0.265 e. The van der Waals surface area contributed by atoms with Crippen molar-refractivity contribution < 1.29 is 4.79 Å². The molecule has 1 aromatic heterocycles. The Balaban J connectivity index is 2.15. The summed E-state index contributed by atoms with van der Waals surface area (Å²) in [6.07, 6.45) is 2.02. The minimum atomic E-state index is 0.0956. The zero-order chi connectivity index (χ0) is 11.7. The molecule has 0 aliphatic carbocycles. The summed E-state index contributed by atoms with van der Waals surface area (Å²) in [5.41, 5.74) is 6.72. The van der Waals surface area contributed by atoms with Crippen LogP contribution >= 0.6 is 11.3 Å². The van der Waals surface area contributed by atoms with Gasteiger partial charge in [-0.1, -0.05) is 0 Å². The highest BCUT2D eigenvalue weighted by Gasteiger charge is 2.24. The highest BCUT2D eigenvalue weighted by Crippen LogP contribution is 2.21. The Morgan fingerprint density at radius 1 is 1.56 bits per heavy atom. The molecule has 0 radical (unpaired) electrons. The van der Waals surface area contributed by atoms with Gasteiger partial charge in [-0.3, -0.25) is 4.79 Å². The van der Waals surface area contributed by atoms with E-state index in [9.17, 15) is 4.79 Å². The Bertz CT molecular complexity index is 402. The standard InChI is InChI=1S/C11H17N3OS/c1-7-10(16-8(2)13-7)11(15)14-5-3-4-9(12)6-14/h9H,3-6,12H2,1-2H3/t9-/m0/s1. The first-order valence-electron chi connectivity index (χ1n) is 5.57. The van der Waals surface area contributed by atoms with E-state index in [1.807, 2.05) is 18.7 Å². The Morgan fingerprint density at radius 3 is 2.88 bits per heavy atom. The number of carbonyl (C=O) groups is 1. The molecular weight excluding hydrogens is 222 g/mol. The van der Waals surface area contributed by atoms with E-state index in [0.29, 0.717) is 6.54 Å². The number of nitrogens with two attached hydrogens (primary N) is 1. The molecule has 2 heterocycles. The van der Waals surface area contributed by atoms with Crippen molar-refractivity contribution in [2.75, 3.05) is 13.1 Å². The molecule has 1 atom stereocenters. The third kappa shape index (κ3) is 2.25. The number of likely N-dealkylation sites (tertiary alicyclic amines) is 1. The largest absolute Gasteiger partial charge is 0.336 e. The summed E-state index contributed by atoms with van der Waals surface area (Å²) in [4.78, 5) is 19.1. The Labute approximate surface area is 99.5 Å². The van der Waals surface area contributed by atoms with Gasteiger partial charge in [0.1, 0.15) is 4.88 Å². The van der Waals surface area contributed by atoms with E-state index in [4.69, 9.17) is 5.73 Å². The topological polar surface area (TPSA) is 59.2 Å². The van der Waals surface area contributed by atoms with Crippen molar-refractivity contribution in [2.45, 2.75) is 32.7 Å². The molecule has 5 heteroatoms. The quantitative estimate of drug-likeness (QED) is 0.804. The molecule has 0 aromatic carbocycles. The van der Waals surface area contributed by atoms with Gasteiger partial charge >= 0.3 is 0 Å². The average molecular weight is 239 g/mol. The van der Waals surface area contributed by atoms with Crippen molar-refractivity contribution in [3.8, 4) is 0 Å². The fourth-order valence-electron chi connectivity index (χ4n) is 2.07. The lowest BCUT2D eigenvalue weighted by Crippen LogP contribution is -2.45. The number of hydrogen-bond acceptors (Lipinski definition) is 4. The predicted octanol–water partition coefficient (Wildman–Crippen LogP) is 1.32. The van der Waals surface area contributed by atoms with Crippen LogP contribution < -0.4 is 5.73 Å². The van der Waals surface area contributed by atoms with Gasteiger partial charge < -0.3 is 10.6 Å². The van der Waals surface area contributed by atoms with Crippen molar-refractivity contribution in [1.82, 2.24) is 9.88 Å². The summed E-state index contributed by atoms with van der Waals surface area (Å²) in [6.45, 7) is 5.31. The molecule has 1 aliphatic heterocycles. The van der Waals surface area contributed by atoms with Gasteiger partial charge in [-0.15, -0.1) is 11.3 Å². The first-order chi connectivity index (χ1) is 7.58. The number of amides is 1. The second-order valence-corrected chi connectivity index (χ2v) is 5.50. The van der Waals surface area contributed by atoms with Crippen LogP contribution in [0, 0.1) is 13.8 Å². The molecule has 1 fully saturated rings. The van der Waals surface area contributed by atoms with Crippen molar-refractivity contribution in [2.24, 2.45) is 5.73 Å². The third-order valence-corrected chi connectivity index (χ3v) is 3.90. The third-order valence-electron chi connectivity index (χ3n) is 2.84. The number of hydrogen-bond donors (Lipinski definition) is 1. The molecule has 0 saturated carbocycles. The molecule has 2 N–H and O–H groups in total. The molecule has 2 rings (SSSR count). The fourth-order valence-corrected chi connectivity index (χ4v) is 2.96. The van der Waals surface area contributed by atoms with Crippen molar-refractivity contribution in [3.63, 3.8) is 0 Å². The minimum Gasteiger partial charge on any atom is -0.336 e. The Kier molecular flexibility index (Phi) is 3.25. The first-order valence-corrected chi connectivity index (χ1v) is 6.38. The SMILES string of the molecule is Cc1nc(C)c(C(=O)N2CCC[C@H](N)C2)s1. The maximum Gasteiger partial charge on any atom is 0.265 e. The number of carbonyl (C=O) groups excluding carboxylic acids is 1. The van der Waals surface area contributed by atoms with Crippen molar-refractivity contribution in [3.05, 3.63) is 15.6 Å². The Hall–Kier alpha value is -0.940. The molecule has 0 spiro atoms. The lowest BCUT2D eigenvalue weighted by molar-refractivity contribution is 0.0713. The molecule has 1 amide bonds. The minimum absolute atomic E-state index is 0.0956. The second kappa shape index (κ2) is 4.51. The molecule has 0 unspecified atom stereocenters. The van der Waals surface area contributed by atoms with Crippen LogP contribution in [0.4, 0.5) is 0 Å². The van der Waals surface area contributed by atoms with Gasteiger partial charge in [-0.05, 0) is 26.7 Å². The summed E-state index contributed by atoms with van der Waals surface area (Å²) >= 11 is 1.47. The lowest BCUT2D eigenvalue weighted by Gasteiger charge is -2.30. The van der Waals surface area contributed by atoms with Gasteiger partial charge in [0.15, 0.2) is 0 Å². The highest BCUT2D eigenvalue weighted by atomic mass is 32.1. The van der Waals surface area contributed by atoms with Gasteiger partial charge in [-0.25, -0.2) is 4.98 Å². The first kappa shape index (κ1) is 11.5. The van der Waals surface area contributed by atoms with Gasteiger partial charge in [0.25, 0.3) is 5.91 Å². The number of aryl methyl sites for hydroxylation is 2. The number of rotatable bonds is 1. The highest BCUT2D eigenvalue weighted by molar-refractivity contribution is 7.13. The van der Waals surface area contributed by atoms with Crippen LogP contribution in [-0.2, 0) is 0 Å². The van der Waals surface area contributed by atoms with Gasteiger partial charge in [0, 0.05) is 19.1 Å². The van der Waals surface area contributed by atoms with E-state index >= 15 is 0 Å². The molecule has 0 bridgehead atoms. The molecular formula is C11H17N3OS. The fraction of sp³-hybridized carbons (Fsp3) is 0.636. The van der Waals surface area contributed by atoms with Crippen molar-refractivity contribution in [1.29, 1.82) is 0 Å². The monoisotopic (exact) mass is 239 g/mol. The van der Waals surface area contributed by atoms with Gasteiger partial charge in [-0.2, -0.15) is 0 Å². The van der Waals surface area contributed by atoms with Crippen molar-refractivity contribution >= 4 is 17.2 Å². The van der Waals surface area contributed by atoms with Crippen LogP contribution in [0.15, 0.2) is 0 Å². The van der Waals surface area contributed by atoms with E-state index < -0.39 is 0 Å². The van der Waals surface area contributed by atoms with Gasteiger partial charge in [0.2, 0.25) is 0 Å². The van der Waals surface area contributed by atoms with Crippen LogP contribution in [-0.4, -0.2) is 34.9 Å². The molecule has 88 valence electrons. The number of nitrogens with zero attached hydrogens (tertiary/aromatic N) is 2. The summed E-state index contributed by atoms with van der Waals surface area (Å²) in [5, 5.41) is 0.946. The normalized spacial score (nSPS) is 21.2. The van der Waals surface area contributed by atoms with Gasteiger partial charge in [0.05, 0.1) is 10.7 Å². The molecule has 1 aromatic rings. The zero-order valence-electron chi connectivity index (χ0n) is 9.69. The van der Waals surface area contributed by atoms with Crippen LogP contribution in [0.5, 0.6) is 0 Å². The molecule has 16 heavy (non-hydrogen) atoms. The lowest BCUT2D eigenvalue weighted by atomic mass is 10.1. The summed E-state index contributed by atoms with van der Waals surface area (Å²) in [5.74, 6) is 0.0956. The molecule has 1 aliphatic rings. The predicted molar refractivity (Wildman–Crippen MR) is 64.7 cm³/mol. The average Bonchev–Trinajstić information content (AvgIpc) is 2.57. The van der Waals surface area contributed by atoms with Crippen LogP contribution in [0.25, 0.3) is 0 Å². The maximum atomic E-state index is 12.2. The van der Waals surface area contributed by atoms with E-state index in [1.165, 1.54) is 11.3 Å². The van der Waals surface area contributed by atoms with E-state index in [1.54, 1.807) is 0 Å². The number of aromatic nitrogens is 1. The van der Waals surface area contributed by atoms with E-state index in [2.05, 4.69) is 4.98 Å². The van der Waals surface area contributed by atoms with Crippen LogP contribution in [0.3, 0.4) is 0 Å². The van der Waals surface area contributed by atoms with E-state index in [0.717, 1.165) is 35.0 Å². The maximum absolute atomic E-state index is 12.2. The number of piperidine rings is 1. The Morgan fingerprint density at radius 2 is 2.31 bits per heavy atom. The second-order valence-electron chi connectivity index (χ2n) is 4.30. The number of thiazole rings is 1. The zero-order valence-corrected chi connectivity index (χ0v) is 10.5. The summed E-state index contributed by atoms with van der Waals surface area (Å²) in [6, 6.07) is 0.132. The van der Waals surface area contributed by atoms with Crippen LogP contribution in [0.1, 0.15) is 33.2 Å². The molecule has 1 saturated heterocycles. The summed E-state index contributed by atoms with van der Waals surface area (Å²) < 4.78 is 0. The molecule has 4 nitrogen and oxygen atoms in total. The summed E-state index contributed by atoms with van der Waals surface area (Å²) in [7, 11) is 0. The van der Waals surface area contributed by atoms with E-state index in [-0.39, 0.29) is 11.9 Å². The van der Waals surface area contributed by atoms with Crippen LogP contribution in [0.2, 0.25) is 0 Å².